The quantitative estimate of drug-likeness (QED) is 0.660. The van der Waals surface area contributed by atoms with Gasteiger partial charge in [-0.1, -0.05) is 11.6 Å². The van der Waals surface area contributed by atoms with Gasteiger partial charge >= 0.3 is 5.97 Å². The largest absolute Gasteiger partial charge is 0.449 e. The van der Waals surface area contributed by atoms with Crippen LogP contribution in [0.15, 0.2) is 52.9 Å². The van der Waals surface area contributed by atoms with Gasteiger partial charge in [0.1, 0.15) is 5.58 Å². The van der Waals surface area contributed by atoms with Crippen molar-refractivity contribution in [3.05, 3.63) is 59.3 Å². The molecule has 27 heavy (non-hydrogen) atoms. The third kappa shape index (κ3) is 4.41. The highest BCUT2D eigenvalue weighted by Crippen LogP contribution is 2.24. The fraction of sp³-hybridized carbons (Fsp3) is 0.200. The van der Waals surface area contributed by atoms with Crippen LogP contribution in [0.2, 0.25) is 5.02 Å². The molecule has 1 amide bonds. The van der Waals surface area contributed by atoms with Gasteiger partial charge in [-0.25, -0.2) is 4.79 Å². The number of halogens is 1. The molecule has 0 saturated heterocycles. The highest BCUT2D eigenvalue weighted by molar-refractivity contribution is 6.31. The molecule has 3 rings (SSSR count). The molecule has 0 radical (unpaired) electrons. The lowest BCUT2D eigenvalue weighted by atomic mass is 10.2. The van der Waals surface area contributed by atoms with E-state index in [2.05, 4.69) is 5.32 Å². The summed E-state index contributed by atoms with van der Waals surface area (Å²) in [5.41, 5.74) is 2.15. The molecule has 1 N–H and O–H groups in total. The number of esters is 1. The fourth-order valence-corrected chi connectivity index (χ4v) is 2.65. The van der Waals surface area contributed by atoms with Crippen LogP contribution >= 0.6 is 11.6 Å². The van der Waals surface area contributed by atoms with E-state index in [1.165, 1.54) is 13.0 Å². The van der Waals surface area contributed by atoms with E-state index in [9.17, 15) is 9.59 Å². The number of hydrogen-bond donors (Lipinski definition) is 1. The molecule has 2 aromatic carbocycles. The number of fused-ring (bicyclic) bond motifs is 1. The Kier molecular flexibility index (Phi) is 5.37. The van der Waals surface area contributed by atoms with Crippen LogP contribution in [0.3, 0.4) is 0 Å². The van der Waals surface area contributed by atoms with E-state index in [-0.39, 0.29) is 5.76 Å². The maximum atomic E-state index is 12.3. The van der Waals surface area contributed by atoms with Crippen molar-refractivity contribution in [3.8, 4) is 0 Å². The molecule has 6 nitrogen and oxygen atoms in total. The summed E-state index contributed by atoms with van der Waals surface area (Å²) in [6.45, 7) is 1.50. The van der Waals surface area contributed by atoms with Crippen LogP contribution in [0, 0.1) is 0 Å². The number of nitrogens with one attached hydrogen (secondary N) is 1. The number of ether oxygens (including phenoxy) is 1. The predicted octanol–water partition coefficient (Wildman–Crippen LogP) is 4.34. The number of carbonyl (C=O) groups is 2. The summed E-state index contributed by atoms with van der Waals surface area (Å²) in [5, 5.41) is 3.94. The van der Waals surface area contributed by atoms with Crippen molar-refractivity contribution in [3.63, 3.8) is 0 Å². The van der Waals surface area contributed by atoms with Crippen molar-refractivity contribution in [2.45, 2.75) is 13.0 Å². The summed E-state index contributed by atoms with van der Waals surface area (Å²) >= 11 is 5.92. The molecular formula is C20H19ClN2O4. The molecule has 1 aromatic heterocycles. The van der Waals surface area contributed by atoms with Crippen LogP contribution in [-0.2, 0) is 9.53 Å². The van der Waals surface area contributed by atoms with Crippen LogP contribution in [0.25, 0.3) is 11.0 Å². The van der Waals surface area contributed by atoms with Crippen molar-refractivity contribution in [1.82, 2.24) is 0 Å². The first kappa shape index (κ1) is 18.8. The third-order valence-corrected chi connectivity index (χ3v) is 4.22. The van der Waals surface area contributed by atoms with Crippen molar-refractivity contribution in [2.75, 3.05) is 24.3 Å². The molecule has 1 unspecified atom stereocenters. The molecule has 0 aliphatic heterocycles. The lowest BCUT2D eigenvalue weighted by Gasteiger charge is -2.15. The van der Waals surface area contributed by atoms with Crippen molar-refractivity contribution in [2.24, 2.45) is 0 Å². The summed E-state index contributed by atoms with van der Waals surface area (Å²) in [7, 11) is 3.86. The molecule has 0 fully saturated rings. The molecule has 1 atom stereocenters. The average Bonchev–Trinajstić information content (AvgIpc) is 3.05. The number of nitrogens with zero attached hydrogens (tertiary/aromatic N) is 1. The van der Waals surface area contributed by atoms with E-state index < -0.39 is 18.0 Å². The number of furan rings is 1. The van der Waals surface area contributed by atoms with Gasteiger partial charge in [0, 0.05) is 35.9 Å². The molecule has 140 valence electrons. The van der Waals surface area contributed by atoms with Gasteiger partial charge in [-0.15, -0.1) is 0 Å². The molecule has 0 aliphatic rings. The summed E-state index contributed by atoms with van der Waals surface area (Å²) in [6.07, 6.45) is -0.983. The fourth-order valence-electron chi connectivity index (χ4n) is 2.47. The first-order valence-corrected chi connectivity index (χ1v) is 8.69. The first-order valence-electron chi connectivity index (χ1n) is 8.32. The monoisotopic (exact) mass is 386 g/mol. The van der Waals surface area contributed by atoms with E-state index in [0.717, 1.165) is 5.69 Å². The smallest absolute Gasteiger partial charge is 0.375 e. The second kappa shape index (κ2) is 7.72. The van der Waals surface area contributed by atoms with E-state index in [4.69, 9.17) is 20.8 Å². The van der Waals surface area contributed by atoms with Gasteiger partial charge in [-0.2, -0.15) is 0 Å². The van der Waals surface area contributed by atoms with E-state index in [1.807, 2.05) is 31.1 Å². The maximum Gasteiger partial charge on any atom is 0.375 e. The minimum Gasteiger partial charge on any atom is -0.449 e. The Labute approximate surface area is 161 Å². The Hall–Kier alpha value is -2.99. The minimum atomic E-state index is -0.983. The average molecular weight is 387 g/mol. The highest BCUT2D eigenvalue weighted by atomic mass is 35.5. The highest BCUT2D eigenvalue weighted by Gasteiger charge is 2.21. The minimum absolute atomic E-state index is 0.0160. The summed E-state index contributed by atoms with van der Waals surface area (Å²) in [6, 6.07) is 13.9. The summed E-state index contributed by atoms with van der Waals surface area (Å²) in [5.74, 6) is -1.13. The van der Waals surface area contributed by atoms with Gasteiger partial charge in [0.05, 0.1) is 0 Å². The van der Waals surface area contributed by atoms with Gasteiger partial charge in [0.15, 0.2) is 6.10 Å². The Bertz CT molecular complexity index is 979. The van der Waals surface area contributed by atoms with Gasteiger partial charge in [0.25, 0.3) is 5.91 Å². The zero-order valence-corrected chi connectivity index (χ0v) is 15.9. The van der Waals surface area contributed by atoms with E-state index in [1.54, 1.807) is 30.3 Å². The number of rotatable bonds is 5. The van der Waals surface area contributed by atoms with E-state index in [0.29, 0.717) is 21.7 Å². The maximum absolute atomic E-state index is 12.3. The molecular weight excluding hydrogens is 368 g/mol. The summed E-state index contributed by atoms with van der Waals surface area (Å²) < 4.78 is 10.7. The molecule has 0 aliphatic carbocycles. The van der Waals surface area contributed by atoms with Crippen LogP contribution < -0.4 is 10.2 Å². The molecule has 3 aromatic rings. The Morgan fingerprint density at radius 2 is 1.81 bits per heavy atom. The number of anilines is 2. The van der Waals surface area contributed by atoms with Crippen molar-refractivity contribution in [1.29, 1.82) is 0 Å². The third-order valence-electron chi connectivity index (χ3n) is 3.98. The predicted molar refractivity (Wildman–Crippen MR) is 106 cm³/mol. The van der Waals surface area contributed by atoms with Gasteiger partial charge in [0.2, 0.25) is 5.76 Å². The Morgan fingerprint density at radius 1 is 1.11 bits per heavy atom. The zero-order valence-electron chi connectivity index (χ0n) is 15.2. The normalized spacial score (nSPS) is 11.9. The molecule has 1 heterocycles. The standard InChI is InChI=1S/C20H19ClN2O4/c1-12(19(24)22-15-5-7-16(8-6-15)23(2)3)26-20(25)18-11-13-10-14(21)4-9-17(13)27-18/h4-12H,1-3H3,(H,22,24). The van der Waals surface area contributed by atoms with Gasteiger partial charge in [-0.3, -0.25) is 4.79 Å². The first-order chi connectivity index (χ1) is 12.8. The Morgan fingerprint density at radius 3 is 2.48 bits per heavy atom. The van der Waals surface area contributed by atoms with Crippen LogP contribution in [0.5, 0.6) is 0 Å². The van der Waals surface area contributed by atoms with Crippen molar-refractivity contribution >= 4 is 45.8 Å². The number of hydrogen-bond acceptors (Lipinski definition) is 5. The van der Waals surface area contributed by atoms with Crippen LogP contribution in [0.1, 0.15) is 17.5 Å². The molecule has 0 spiro atoms. The number of carbonyl (C=O) groups excluding carboxylic acids is 2. The van der Waals surface area contributed by atoms with Crippen LogP contribution in [-0.4, -0.2) is 32.1 Å². The second-order valence-corrected chi connectivity index (χ2v) is 6.71. The molecule has 0 bridgehead atoms. The van der Waals surface area contributed by atoms with Gasteiger partial charge < -0.3 is 19.4 Å². The van der Waals surface area contributed by atoms with E-state index >= 15 is 0 Å². The van der Waals surface area contributed by atoms with Crippen molar-refractivity contribution < 1.29 is 18.7 Å². The zero-order chi connectivity index (χ0) is 19.6. The summed E-state index contributed by atoms with van der Waals surface area (Å²) in [4.78, 5) is 26.5. The lowest BCUT2D eigenvalue weighted by molar-refractivity contribution is -0.123. The topological polar surface area (TPSA) is 71.8 Å². The number of amides is 1. The molecule has 0 saturated carbocycles. The number of benzene rings is 2. The van der Waals surface area contributed by atoms with Crippen LogP contribution in [0.4, 0.5) is 11.4 Å². The Balaban J connectivity index is 1.63. The lowest BCUT2D eigenvalue weighted by Crippen LogP contribution is -2.29. The molecule has 7 heteroatoms. The van der Waals surface area contributed by atoms with Gasteiger partial charge in [-0.05, 0) is 55.5 Å². The SMILES string of the molecule is CC(OC(=O)c1cc2cc(Cl)ccc2o1)C(=O)Nc1ccc(N(C)C)cc1. The second-order valence-electron chi connectivity index (χ2n) is 6.27.